The van der Waals surface area contributed by atoms with Gasteiger partial charge in [-0.25, -0.2) is 9.97 Å². The number of piperidine rings is 1. The second kappa shape index (κ2) is 5.79. The third kappa shape index (κ3) is 2.56. The van der Waals surface area contributed by atoms with Gasteiger partial charge in [0.25, 0.3) is 5.91 Å². The van der Waals surface area contributed by atoms with Crippen LogP contribution in [-0.2, 0) is 0 Å². The van der Waals surface area contributed by atoms with E-state index >= 15 is 0 Å². The Balaban J connectivity index is 1.59. The smallest absolute Gasteiger partial charge is 0.253 e. The van der Waals surface area contributed by atoms with Crippen molar-refractivity contribution in [2.75, 3.05) is 13.1 Å². The molecule has 3 aromatic rings. The summed E-state index contributed by atoms with van der Waals surface area (Å²) in [5.74, 6) is 0.309. The molecule has 2 aromatic heterocycles. The van der Waals surface area contributed by atoms with Gasteiger partial charge in [-0.15, -0.1) is 0 Å². The fourth-order valence-corrected chi connectivity index (χ4v) is 3.21. The number of hydrogen-bond acceptors (Lipinski definition) is 4. The third-order valence-corrected chi connectivity index (χ3v) is 4.35. The average Bonchev–Trinajstić information content (AvgIpc) is 3.06. The molecule has 1 aromatic carbocycles. The lowest BCUT2D eigenvalue weighted by Crippen LogP contribution is -2.39. The van der Waals surface area contributed by atoms with Crippen LogP contribution < -0.4 is 0 Å². The number of nitrogens with one attached hydrogen (secondary N) is 1. The maximum absolute atomic E-state index is 12.7. The molecule has 1 N–H and O–H groups in total. The van der Waals surface area contributed by atoms with E-state index in [-0.39, 0.29) is 11.8 Å². The van der Waals surface area contributed by atoms with Crippen molar-refractivity contribution < 1.29 is 4.79 Å². The quantitative estimate of drug-likeness (QED) is 0.788. The maximum Gasteiger partial charge on any atom is 0.253 e. The first-order chi connectivity index (χ1) is 11.3. The third-order valence-electron chi connectivity index (χ3n) is 4.35. The Kier molecular flexibility index (Phi) is 3.49. The molecule has 4 rings (SSSR count). The van der Waals surface area contributed by atoms with Gasteiger partial charge in [0.1, 0.15) is 5.52 Å². The van der Waals surface area contributed by atoms with Gasteiger partial charge in [-0.1, -0.05) is 18.2 Å². The van der Waals surface area contributed by atoms with Crippen LogP contribution in [0.15, 0.2) is 42.7 Å². The highest BCUT2D eigenvalue weighted by Crippen LogP contribution is 2.29. The summed E-state index contributed by atoms with van der Waals surface area (Å²) in [6.45, 7) is 1.48. The molecule has 0 radical (unpaired) electrons. The molecule has 1 amide bonds. The number of hydrogen-bond donors (Lipinski definition) is 1. The zero-order valence-electron chi connectivity index (χ0n) is 12.6. The number of likely N-dealkylation sites (tertiary alicyclic amines) is 1. The van der Waals surface area contributed by atoms with Gasteiger partial charge in [-0.05, 0) is 25.0 Å². The Hall–Kier alpha value is -2.76. The van der Waals surface area contributed by atoms with E-state index in [2.05, 4.69) is 20.2 Å². The Morgan fingerprint density at radius 3 is 2.87 bits per heavy atom. The van der Waals surface area contributed by atoms with Gasteiger partial charge in [0.15, 0.2) is 5.65 Å². The predicted octanol–water partition coefficient (Wildman–Crippen LogP) is 2.37. The van der Waals surface area contributed by atoms with Crippen molar-refractivity contribution in [2.24, 2.45) is 0 Å². The van der Waals surface area contributed by atoms with Crippen molar-refractivity contribution in [3.63, 3.8) is 0 Å². The zero-order valence-corrected chi connectivity index (χ0v) is 12.6. The molecule has 0 aliphatic carbocycles. The van der Waals surface area contributed by atoms with Crippen molar-refractivity contribution in [3.8, 4) is 0 Å². The molecule has 1 fully saturated rings. The average molecular weight is 307 g/mol. The number of benzene rings is 1. The topological polar surface area (TPSA) is 74.8 Å². The van der Waals surface area contributed by atoms with Crippen molar-refractivity contribution >= 4 is 17.1 Å². The van der Waals surface area contributed by atoms with E-state index in [1.54, 1.807) is 12.4 Å². The second-order valence-electron chi connectivity index (χ2n) is 5.82. The number of fused-ring (bicyclic) bond motifs is 1. The highest BCUT2D eigenvalue weighted by atomic mass is 16.2. The van der Waals surface area contributed by atoms with Crippen molar-refractivity contribution in [2.45, 2.75) is 18.8 Å². The van der Waals surface area contributed by atoms with E-state index in [0.717, 1.165) is 36.2 Å². The first-order valence-corrected chi connectivity index (χ1v) is 7.82. The summed E-state index contributed by atoms with van der Waals surface area (Å²) >= 11 is 0. The van der Waals surface area contributed by atoms with Gasteiger partial charge in [0.2, 0.25) is 0 Å². The summed E-state index contributed by atoms with van der Waals surface area (Å²) in [6, 6.07) is 9.44. The number of aromatic nitrogens is 4. The van der Waals surface area contributed by atoms with E-state index < -0.39 is 0 Å². The summed E-state index contributed by atoms with van der Waals surface area (Å²) in [5, 5.41) is 7.29. The molecule has 6 nitrogen and oxygen atoms in total. The normalized spacial score (nSPS) is 18.3. The molecule has 1 aliphatic heterocycles. The molecular formula is C17H17N5O. The Morgan fingerprint density at radius 1 is 1.17 bits per heavy atom. The van der Waals surface area contributed by atoms with Gasteiger partial charge in [0.05, 0.1) is 5.69 Å². The van der Waals surface area contributed by atoms with Crippen molar-refractivity contribution in [1.29, 1.82) is 0 Å². The minimum atomic E-state index is 0.0882. The lowest BCUT2D eigenvalue weighted by Gasteiger charge is -2.32. The lowest BCUT2D eigenvalue weighted by molar-refractivity contribution is 0.0706. The maximum atomic E-state index is 12.7. The number of amides is 1. The van der Waals surface area contributed by atoms with Crippen LogP contribution in [-0.4, -0.2) is 44.1 Å². The molecule has 0 spiro atoms. The summed E-state index contributed by atoms with van der Waals surface area (Å²) < 4.78 is 0. The molecule has 23 heavy (non-hydrogen) atoms. The standard InChI is InChI=1S/C17H17N5O/c23-17(12-5-2-1-3-6-12)22-10-4-7-13(11-22)14-15-16(21-20-14)19-9-8-18-15/h1-3,5-6,8-9,13H,4,7,10-11H2,(H,19,20,21)/t13-/m1/s1. The highest BCUT2D eigenvalue weighted by Gasteiger charge is 2.28. The monoisotopic (exact) mass is 307 g/mol. The van der Waals surface area contributed by atoms with Crippen molar-refractivity contribution in [3.05, 3.63) is 54.0 Å². The molecule has 1 aliphatic rings. The number of H-pyrrole nitrogens is 1. The molecular weight excluding hydrogens is 290 g/mol. The SMILES string of the molecule is O=C(c1ccccc1)N1CCC[C@@H](c2[nH]nc3nccnc23)C1. The number of nitrogens with zero attached hydrogens (tertiary/aromatic N) is 4. The van der Waals surface area contributed by atoms with Crippen LogP contribution in [0.3, 0.4) is 0 Å². The van der Waals surface area contributed by atoms with E-state index in [1.165, 1.54) is 0 Å². The molecule has 1 saturated heterocycles. The minimum absolute atomic E-state index is 0.0882. The van der Waals surface area contributed by atoms with Crippen LogP contribution in [0.4, 0.5) is 0 Å². The fourth-order valence-electron chi connectivity index (χ4n) is 3.21. The summed E-state index contributed by atoms with van der Waals surface area (Å²) in [4.78, 5) is 23.2. The lowest BCUT2D eigenvalue weighted by atomic mass is 9.94. The molecule has 1 atom stereocenters. The summed E-state index contributed by atoms with van der Waals surface area (Å²) in [7, 11) is 0. The molecule has 0 unspecified atom stereocenters. The first kappa shape index (κ1) is 13.9. The van der Waals surface area contributed by atoms with Gasteiger partial charge in [0, 0.05) is 37.0 Å². The van der Waals surface area contributed by atoms with E-state index in [0.29, 0.717) is 12.2 Å². The van der Waals surface area contributed by atoms with Crippen LogP contribution in [0.2, 0.25) is 0 Å². The van der Waals surface area contributed by atoms with Crippen LogP contribution in [0.1, 0.15) is 34.8 Å². The minimum Gasteiger partial charge on any atom is -0.338 e. The highest BCUT2D eigenvalue weighted by molar-refractivity contribution is 5.94. The Bertz CT molecular complexity index is 829. The number of aromatic amines is 1. The summed E-state index contributed by atoms with van der Waals surface area (Å²) in [5.41, 5.74) is 3.17. The molecule has 6 heteroatoms. The number of rotatable bonds is 2. The Labute approximate surface area is 133 Å². The second-order valence-corrected chi connectivity index (χ2v) is 5.82. The van der Waals surface area contributed by atoms with E-state index in [1.807, 2.05) is 35.2 Å². The van der Waals surface area contributed by atoms with Gasteiger partial charge in [-0.3, -0.25) is 9.89 Å². The number of carbonyl (C=O) groups is 1. The first-order valence-electron chi connectivity index (χ1n) is 7.82. The summed E-state index contributed by atoms with van der Waals surface area (Å²) in [6.07, 6.45) is 5.31. The van der Waals surface area contributed by atoms with Crippen LogP contribution >= 0.6 is 0 Å². The van der Waals surface area contributed by atoms with Crippen LogP contribution in [0.25, 0.3) is 11.2 Å². The van der Waals surface area contributed by atoms with Gasteiger partial charge >= 0.3 is 0 Å². The van der Waals surface area contributed by atoms with Crippen LogP contribution in [0, 0.1) is 0 Å². The molecule has 0 bridgehead atoms. The number of carbonyl (C=O) groups excluding carboxylic acids is 1. The van der Waals surface area contributed by atoms with Gasteiger partial charge < -0.3 is 4.90 Å². The van der Waals surface area contributed by atoms with E-state index in [4.69, 9.17) is 0 Å². The van der Waals surface area contributed by atoms with Gasteiger partial charge in [-0.2, -0.15) is 5.10 Å². The zero-order chi connectivity index (χ0) is 15.6. The van der Waals surface area contributed by atoms with E-state index in [9.17, 15) is 4.79 Å². The molecule has 3 heterocycles. The largest absolute Gasteiger partial charge is 0.338 e. The molecule has 116 valence electrons. The molecule has 0 saturated carbocycles. The Morgan fingerprint density at radius 2 is 2.00 bits per heavy atom. The predicted molar refractivity (Wildman–Crippen MR) is 86.0 cm³/mol. The fraction of sp³-hybridized carbons (Fsp3) is 0.294. The van der Waals surface area contributed by atoms with Crippen molar-refractivity contribution in [1.82, 2.24) is 25.1 Å². The van der Waals surface area contributed by atoms with Crippen LogP contribution in [0.5, 0.6) is 0 Å².